The molecule has 4 aromatic carbocycles. The highest BCUT2D eigenvalue weighted by Crippen LogP contribution is 2.56. The average molecular weight is 499 g/mol. The maximum atomic E-state index is 5.32. The lowest BCUT2D eigenvalue weighted by Gasteiger charge is -2.31. The highest BCUT2D eigenvalue weighted by Gasteiger charge is 2.42. The molecule has 184 valence electrons. The van der Waals surface area contributed by atoms with Gasteiger partial charge in [0.25, 0.3) is 0 Å². The average Bonchev–Trinajstić information content (AvgIpc) is 3.37. The standard InChI is InChI=1S/C37H26N2/c1-3-11-25(12-4-1)29-23-32(28-15-5-2-6-16-28)38-35(24-29)39-33-21-19-26-13-7-9-17-30(26)36(33)37-31-18-10-8-14-27(31)20-22-34(37)39/h1-24,30,36H. The fraction of sp³-hybridized carbons (Fsp3) is 0.0541. The topological polar surface area (TPSA) is 16.1 Å². The predicted molar refractivity (Wildman–Crippen MR) is 162 cm³/mol. The fourth-order valence-corrected chi connectivity index (χ4v) is 6.44. The summed E-state index contributed by atoms with van der Waals surface area (Å²) in [5, 5.41) is 2.60. The first kappa shape index (κ1) is 22.1. The minimum absolute atomic E-state index is 0.231. The highest BCUT2D eigenvalue weighted by molar-refractivity contribution is 5.96. The van der Waals surface area contributed by atoms with Crippen LogP contribution < -0.4 is 4.90 Å². The second-order valence-electron chi connectivity index (χ2n) is 10.4. The third-order valence-electron chi connectivity index (χ3n) is 8.20. The highest BCUT2D eigenvalue weighted by atomic mass is 15.2. The van der Waals surface area contributed by atoms with E-state index in [4.69, 9.17) is 4.98 Å². The lowest BCUT2D eigenvalue weighted by molar-refractivity contribution is 0.654. The van der Waals surface area contributed by atoms with Gasteiger partial charge in [-0.1, -0.05) is 121 Å². The predicted octanol–water partition coefficient (Wildman–Crippen LogP) is 9.37. The molecule has 0 spiro atoms. The largest absolute Gasteiger partial charge is 0.298 e. The molecule has 2 unspecified atom stereocenters. The van der Waals surface area contributed by atoms with Crippen molar-refractivity contribution in [2.75, 3.05) is 4.90 Å². The molecule has 39 heavy (non-hydrogen) atoms. The number of benzene rings is 4. The molecule has 2 heteroatoms. The Kier molecular flexibility index (Phi) is 4.99. The number of pyridine rings is 1. The summed E-state index contributed by atoms with van der Waals surface area (Å²) in [4.78, 5) is 7.73. The van der Waals surface area contributed by atoms with Gasteiger partial charge in [0.15, 0.2) is 0 Å². The molecule has 1 aliphatic heterocycles. The Morgan fingerprint density at radius 2 is 1.41 bits per heavy atom. The molecule has 5 aromatic rings. The van der Waals surface area contributed by atoms with E-state index in [1.165, 1.54) is 44.4 Å². The van der Waals surface area contributed by atoms with E-state index in [1.54, 1.807) is 0 Å². The van der Waals surface area contributed by atoms with Crippen molar-refractivity contribution < 1.29 is 0 Å². The molecule has 0 radical (unpaired) electrons. The molecule has 0 saturated heterocycles. The van der Waals surface area contributed by atoms with Gasteiger partial charge in [0.05, 0.1) is 11.4 Å². The van der Waals surface area contributed by atoms with Crippen LogP contribution in [0.4, 0.5) is 11.5 Å². The molecule has 2 nitrogen and oxygen atoms in total. The number of fused-ring (bicyclic) bond motifs is 7. The van der Waals surface area contributed by atoms with Crippen LogP contribution in [0.15, 0.2) is 157 Å². The molecule has 0 fully saturated rings. The second kappa shape index (κ2) is 8.82. The van der Waals surface area contributed by atoms with Crippen LogP contribution in [0, 0.1) is 5.92 Å². The van der Waals surface area contributed by atoms with Crippen molar-refractivity contribution in [3.8, 4) is 22.4 Å². The Morgan fingerprint density at radius 1 is 0.641 bits per heavy atom. The SMILES string of the molecule is C1=CC2=CC=C3C(c4c(ccc5ccccc45)N3c3cc(-c4ccccc4)cc(-c4ccccc4)n3)C2C=C1. The van der Waals surface area contributed by atoms with Crippen molar-refractivity contribution in [2.24, 2.45) is 5.92 Å². The molecule has 1 aromatic heterocycles. The molecule has 0 bridgehead atoms. The van der Waals surface area contributed by atoms with Crippen molar-refractivity contribution in [3.05, 3.63) is 162 Å². The van der Waals surface area contributed by atoms with Gasteiger partial charge >= 0.3 is 0 Å². The van der Waals surface area contributed by atoms with Gasteiger partial charge in [-0.2, -0.15) is 0 Å². The van der Waals surface area contributed by atoms with Crippen LogP contribution in [0.5, 0.6) is 0 Å². The van der Waals surface area contributed by atoms with Gasteiger partial charge in [0.2, 0.25) is 0 Å². The molecule has 2 atom stereocenters. The van der Waals surface area contributed by atoms with Crippen LogP contribution in [0.2, 0.25) is 0 Å². The van der Waals surface area contributed by atoms with Crippen LogP contribution in [0.1, 0.15) is 11.5 Å². The van der Waals surface area contributed by atoms with E-state index in [1.807, 2.05) is 0 Å². The number of nitrogens with zero attached hydrogens (tertiary/aromatic N) is 2. The third-order valence-corrected chi connectivity index (χ3v) is 8.20. The number of rotatable bonds is 3. The van der Waals surface area contributed by atoms with E-state index in [9.17, 15) is 0 Å². The van der Waals surface area contributed by atoms with Crippen molar-refractivity contribution in [2.45, 2.75) is 5.92 Å². The van der Waals surface area contributed by atoms with Crippen LogP contribution in [-0.4, -0.2) is 4.98 Å². The molecule has 0 saturated carbocycles. The van der Waals surface area contributed by atoms with Crippen molar-refractivity contribution >= 4 is 22.3 Å². The second-order valence-corrected chi connectivity index (χ2v) is 10.4. The Bertz CT molecular complexity index is 1800. The lowest BCUT2D eigenvalue weighted by atomic mass is 9.75. The first-order valence-electron chi connectivity index (χ1n) is 13.6. The van der Waals surface area contributed by atoms with Gasteiger partial charge in [-0.05, 0) is 57.3 Å². The quantitative estimate of drug-likeness (QED) is 0.246. The summed E-state index contributed by atoms with van der Waals surface area (Å²) in [5.41, 5.74) is 9.71. The van der Waals surface area contributed by atoms with Crippen molar-refractivity contribution in [3.63, 3.8) is 0 Å². The Balaban J connectivity index is 1.40. The van der Waals surface area contributed by atoms with Gasteiger partial charge in [-0.15, -0.1) is 0 Å². The van der Waals surface area contributed by atoms with Crippen LogP contribution in [-0.2, 0) is 0 Å². The van der Waals surface area contributed by atoms with Crippen LogP contribution in [0.25, 0.3) is 33.2 Å². The van der Waals surface area contributed by atoms with Gasteiger partial charge in [-0.3, -0.25) is 4.90 Å². The van der Waals surface area contributed by atoms with Crippen LogP contribution in [0.3, 0.4) is 0 Å². The zero-order valence-electron chi connectivity index (χ0n) is 21.4. The molecule has 3 aliphatic rings. The first-order chi connectivity index (χ1) is 19.3. The molecule has 0 N–H and O–H groups in total. The van der Waals surface area contributed by atoms with Gasteiger partial charge in [0, 0.05) is 23.1 Å². The Morgan fingerprint density at radius 3 is 2.26 bits per heavy atom. The zero-order valence-corrected chi connectivity index (χ0v) is 21.4. The lowest BCUT2D eigenvalue weighted by Crippen LogP contribution is -2.22. The smallest absolute Gasteiger partial charge is 0.138 e. The maximum absolute atomic E-state index is 5.32. The summed E-state index contributed by atoms with van der Waals surface area (Å²) in [7, 11) is 0. The summed E-state index contributed by atoms with van der Waals surface area (Å²) >= 11 is 0. The maximum Gasteiger partial charge on any atom is 0.138 e. The van der Waals surface area contributed by atoms with E-state index >= 15 is 0 Å². The summed E-state index contributed by atoms with van der Waals surface area (Å²) < 4.78 is 0. The molecule has 0 amide bonds. The number of aromatic nitrogens is 1. The number of hydrogen-bond donors (Lipinski definition) is 0. The van der Waals surface area contributed by atoms with E-state index in [2.05, 4.69) is 151 Å². The van der Waals surface area contributed by atoms with Crippen LogP contribution >= 0.6 is 0 Å². The van der Waals surface area contributed by atoms with Gasteiger partial charge < -0.3 is 0 Å². The monoisotopic (exact) mass is 498 g/mol. The van der Waals surface area contributed by atoms with Crippen molar-refractivity contribution in [1.29, 1.82) is 0 Å². The summed E-state index contributed by atoms with van der Waals surface area (Å²) in [6, 6.07) is 38.9. The molecule has 8 rings (SSSR count). The molecular weight excluding hydrogens is 472 g/mol. The van der Waals surface area contributed by atoms with E-state index in [-0.39, 0.29) is 5.92 Å². The normalized spacial score (nSPS) is 18.8. The summed E-state index contributed by atoms with van der Waals surface area (Å²) in [5.74, 6) is 1.48. The molecule has 2 heterocycles. The number of anilines is 2. The number of hydrogen-bond acceptors (Lipinski definition) is 2. The van der Waals surface area contributed by atoms with Gasteiger partial charge in [-0.25, -0.2) is 4.98 Å². The summed E-state index contributed by atoms with van der Waals surface area (Å²) in [6.45, 7) is 0. The Hall–Kier alpha value is -4.95. The zero-order chi connectivity index (χ0) is 25.8. The van der Waals surface area contributed by atoms with Crippen molar-refractivity contribution in [1.82, 2.24) is 4.98 Å². The van der Waals surface area contributed by atoms with E-state index < -0.39 is 0 Å². The fourth-order valence-electron chi connectivity index (χ4n) is 6.44. The minimum atomic E-state index is 0.231. The first-order valence-corrected chi connectivity index (χ1v) is 13.6. The third kappa shape index (κ3) is 3.53. The van der Waals surface area contributed by atoms with Gasteiger partial charge in [0.1, 0.15) is 5.82 Å². The van der Waals surface area contributed by atoms with E-state index in [0.29, 0.717) is 5.92 Å². The minimum Gasteiger partial charge on any atom is -0.298 e. The van der Waals surface area contributed by atoms with E-state index in [0.717, 1.165) is 17.1 Å². The Labute approximate surface area is 228 Å². The molecular formula is C37H26N2. The molecule has 2 aliphatic carbocycles. The number of allylic oxidation sites excluding steroid dienone is 8. The summed E-state index contributed by atoms with van der Waals surface area (Å²) in [6.07, 6.45) is 13.6.